The van der Waals surface area contributed by atoms with Crippen molar-refractivity contribution < 1.29 is 9.47 Å². The summed E-state index contributed by atoms with van der Waals surface area (Å²) < 4.78 is 11.7. The van der Waals surface area contributed by atoms with Crippen LogP contribution in [0, 0.1) is 5.92 Å². The second kappa shape index (κ2) is 11.1. The van der Waals surface area contributed by atoms with Crippen LogP contribution in [-0.2, 0) is 11.3 Å². The van der Waals surface area contributed by atoms with Gasteiger partial charge >= 0.3 is 0 Å². The van der Waals surface area contributed by atoms with E-state index in [0.29, 0.717) is 24.5 Å². The minimum Gasteiger partial charge on any atom is -0.497 e. The van der Waals surface area contributed by atoms with Gasteiger partial charge in [-0.2, -0.15) is 0 Å². The van der Waals surface area contributed by atoms with E-state index in [1.54, 1.807) is 7.11 Å². The predicted octanol–water partition coefficient (Wildman–Crippen LogP) is 5.80. The topological polar surface area (TPSA) is 21.7 Å². The molecule has 1 saturated carbocycles. The third kappa shape index (κ3) is 6.38. The van der Waals surface area contributed by atoms with Crippen molar-refractivity contribution in [2.75, 3.05) is 27.7 Å². The molecule has 0 aliphatic heterocycles. The molecule has 28 heavy (non-hydrogen) atoms. The van der Waals surface area contributed by atoms with E-state index in [4.69, 9.17) is 21.1 Å². The Hall–Kier alpha value is -1.26. The molecule has 1 aliphatic carbocycles. The van der Waals surface area contributed by atoms with E-state index >= 15 is 0 Å². The van der Waals surface area contributed by atoms with Crippen LogP contribution in [0.4, 0.5) is 0 Å². The molecule has 3 atom stereocenters. The number of methoxy groups -OCH3 is 1. The lowest BCUT2D eigenvalue weighted by atomic mass is 9.74. The first-order chi connectivity index (χ1) is 13.0. The van der Waals surface area contributed by atoms with E-state index in [2.05, 4.69) is 37.2 Å². The summed E-state index contributed by atoms with van der Waals surface area (Å²) in [6.45, 7) is 1.73. The number of hydrogen-bond acceptors (Lipinski definition) is 3. The standard InChI is InChI=1S/C23H30ClNO2.ClH/c1-25(2)15-19-14-22(27-16-17-7-9-20(24)10-8-17)11-12-23(19)18-5-4-6-21(13-18)26-3;/h4-10,13,19,22-23H,11-12,14-16H2,1-3H3;1H. The largest absolute Gasteiger partial charge is 0.497 e. The first-order valence-electron chi connectivity index (χ1n) is 9.70. The number of hydrogen-bond donors (Lipinski definition) is 0. The van der Waals surface area contributed by atoms with Crippen LogP contribution in [0.15, 0.2) is 48.5 Å². The summed E-state index contributed by atoms with van der Waals surface area (Å²) in [5.74, 6) is 2.08. The summed E-state index contributed by atoms with van der Waals surface area (Å²) in [4.78, 5) is 2.29. The Morgan fingerprint density at radius 1 is 1.07 bits per heavy atom. The molecule has 3 rings (SSSR count). The van der Waals surface area contributed by atoms with Crippen LogP contribution in [0.1, 0.15) is 36.3 Å². The molecule has 1 fully saturated rings. The fourth-order valence-corrected chi connectivity index (χ4v) is 4.27. The highest BCUT2D eigenvalue weighted by atomic mass is 35.5. The number of benzene rings is 2. The van der Waals surface area contributed by atoms with E-state index in [9.17, 15) is 0 Å². The average Bonchev–Trinajstić information content (AvgIpc) is 2.67. The molecule has 2 aromatic rings. The van der Waals surface area contributed by atoms with Crippen molar-refractivity contribution in [3.63, 3.8) is 0 Å². The van der Waals surface area contributed by atoms with E-state index in [1.807, 2.05) is 30.3 Å². The fraction of sp³-hybridized carbons (Fsp3) is 0.478. The van der Waals surface area contributed by atoms with Crippen LogP contribution in [0.3, 0.4) is 0 Å². The third-order valence-corrected chi connectivity index (χ3v) is 5.71. The molecule has 0 saturated heterocycles. The molecule has 0 heterocycles. The number of nitrogens with zero attached hydrogens (tertiary/aromatic N) is 1. The van der Waals surface area contributed by atoms with Gasteiger partial charge < -0.3 is 14.4 Å². The highest BCUT2D eigenvalue weighted by molar-refractivity contribution is 6.30. The lowest BCUT2D eigenvalue weighted by Gasteiger charge is -2.38. The molecule has 154 valence electrons. The quantitative estimate of drug-likeness (QED) is 0.561. The van der Waals surface area contributed by atoms with Gasteiger partial charge in [0.05, 0.1) is 19.8 Å². The van der Waals surface area contributed by atoms with Crippen LogP contribution in [0.2, 0.25) is 5.02 Å². The summed E-state index contributed by atoms with van der Waals surface area (Å²) >= 11 is 5.97. The molecule has 0 N–H and O–H groups in total. The summed E-state index contributed by atoms with van der Waals surface area (Å²) in [6, 6.07) is 16.5. The third-order valence-electron chi connectivity index (χ3n) is 5.45. The molecule has 3 nitrogen and oxygen atoms in total. The monoisotopic (exact) mass is 423 g/mol. The molecule has 0 amide bonds. The van der Waals surface area contributed by atoms with Gasteiger partial charge in [-0.25, -0.2) is 0 Å². The smallest absolute Gasteiger partial charge is 0.119 e. The first-order valence-corrected chi connectivity index (χ1v) is 10.1. The maximum Gasteiger partial charge on any atom is 0.119 e. The average molecular weight is 424 g/mol. The van der Waals surface area contributed by atoms with Crippen molar-refractivity contribution in [2.45, 2.75) is 37.9 Å². The number of rotatable bonds is 7. The molecule has 0 radical (unpaired) electrons. The number of ether oxygens (including phenoxy) is 2. The second-order valence-electron chi connectivity index (χ2n) is 7.78. The number of halogens is 2. The molecule has 3 unspecified atom stereocenters. The maximum atomic E-state index is 6.26. The summed E-state index contributed by atoms with van der Waals surface area (Å²) in [7, 11) is 6.04. The van der Waals surface area contributed by atoms with Gasteiger partial charge in [0, 0.05) is 11.6 Å². The van der Waals surface area contributed by atoms with Gasteiger partial charge in [-0.05, 0) is 80.6 Å². The Morgan fingerprint density at radius 3 is 2.50 bits per heavy atom. The fourth-order valence-electron chi connectivity index (χ4n) is 4.15. The van der Waals surface area contributed by atoms with Crippen LogP contribution < -0.4 is 4.74 Å². The van der Waals surface area contributed by atoms with Crippen molar-refractivity contribution in [3.8, 4) is 5.75 Å². The van der Waals surface area contributed by atoms with Crippen molar-refractivity contribution >= 4 is 24.0 Å². The van der Waals surface area contributed by atoms with Gasteiger partial charge in [0.2, 0.25) is 0 Å². The highest BCUT2D eigenvalue weighted by Crippen LogP contribution is 2.40. The first kappa shape index (κ1) is 23.0. The summed E-state index contributed by atoms with van der Waals surface area (Å²) in [5.41, 5.74) is 2.57. The van der Waals surface area contributed by atoms with Gasteiger partial charge in [0.25, 0.3) is 0 Å². The van der Waals surface area contributed by atoms with Crippen molar-refractivity contribution in [2.24, 2.45) is 5.92 Å². The van der Waals surface area contributed by atoms with Crippen LogP contribution in [-0.4, -0.2) is 38.8 Å². The van der Waals surface area contributed by atoms with Gasteiger partial charge in [0.15, 0.2) is 0 Å². The summed E-state index contributed by atoms with van der Waals surface area (Å²) in [5, 5.41) is 0.767. The van der Waals surface area contributed by atoms with Crippen molar-refractivity contribution in [1.82, 2.24) is 4.90 Å². The van der Waals surface area contributed by atoms with Crippen LogP contribution in [0.5, 0.6) is 5.75 Å². The zero-order valence-electron chi connectivity index (χ0n) is 16.9. The second-order valence-corrected chi connectivity index (χ2v) is 8.21. The lowest BCUT2D eigenvalue weighted by Crippen LogP contribution is -2.34. The van der Waals surface area contributed by atoms with Gasteiger partial charge in [0.1, 0.15) is 5.75 Å². The van der Waals surface area contributed by atoms with Gasteiger partial charge in [-0.3, -0.25) is 0 Å². The Bertz CT molecular complexity index is 721. The highest BCUT2D eigenvalue weighted by Gasteiger charge is 2.32. The molecule has 0 spiro atoms. The van der Waals surface area contributed by atoms with E-state index < -0.39 is 0 Å². The zero-order valence-corrected chi connectivity index (χ0v) is 18.5. The van der Waals surface area contributed by atoms with E-state index in [-0.39, 0.29) is 12.4 Å². The Kier molecular flexibility index (Phi) is 9.10. The summed E-state index contributed by atoms with van der Waals surface area (Å²) in [6.07, 6.45) is 3.65. The van der Waals surface area contributed by atoms with Crippen molar-refractivity contribution in [3.05, 3.63) is 64.7 Å². The van der Waals surface area contributed by atoms with Gasteiger partial charge in [-0.15, -0.1) is 12.4 Å². The molecule has 0 aromatic heterocycles. The SMILES string of the molecule is COc1cccc(C2CCC(OCc3ccc(Cl)cc3)CC2CN(C)C)c1.Cl. The Labute approximate surface area is 180 Å². The molecular weight excluding hydrogens is 393 g/mol. The predicted molar refractivity (Wildman–Crippen MR) is 119 cm³/mol. The molecule has 0 bridgehead atoms. The molecular formula is C23H31Cl2NO2. The minimum absolute atomic E-state index is 0. The Morgan fingerprint density at radius 2 is 1.82 bits per heavy atom. The van der Waals surface area contributed by atoms with Crippen molar-refractivity contribution in [1.29, 1.82) is 0 Å². The maximum absolute atomic E-state index is 6.26. The minimum atomic E-state index is 0. The molecule has 2 aromatic carbocycles. The van der Waals surface area contributed by atoms with E-state index in [1.165, 1.54) is 11.1 Å². The molecule has 5 heteroatoms. The van der Waals surface area contributed by atoms with Crippen LogP contribution >= 0.6 is 24.0 Å². The van der Waals surface area contributed by atoms with E-state index in [0.717, 1.165) is 36.6 Å². The lowest BCUT2D eigenvalue weighted by molar-refractivity contribution is -0.00689. The van der Waals surface area contributed by atoms with Gasteiger partial charge in [-0.1, -0.05) is 35.9 Å². The zero-order chi connectivity index (χ0) is 19.2. The molecule has 1 aliphatic rings. The normalized spacial score (nSPS) is 22.0. The van der Waals surface area contributed by atoms with Crippen LogP contribution in [0.25, 0.3) is 0 Å². The Balaban J connectivity index is 0.00000280.